The van der Waals surface area contributed by atoms with Gasteiger partial charge in [-0.05, 0) is 37.1 Å². The third-order valence-electron chi connectivity index (χ3n) is 4.50. The van der Waals surface area contributed by atoms with Gasteiger partial charge in [-0.3, -0.25) is 0 Å². The third-order valence-corrected chi connectivity index (χ3v) is 4.50. The highest BCUT2D eigenvalue weighted by atomic mass is 16.6. The van der Waals surface area contributed by atoms with Gasteiger partial charge in [0.05, 0.1) is 5.71 Å². The van der Waals surface area contributed by atoms with E-state index in [0.29, 0.717) is 35.2 Å². The molecule has 156 valence electrons. The van der Waals surface area contributed by atoms with E-state index in [2.05, 4.69) is 35.4 Å². The maximum absolute atomic E-state index is 5.87. The molecule has 0 bridgehead atoms. The smallest absolute Gasteiger partial charge is 0.219 e. The molecule has 0 amide bonds. The second-order valence-electron chi connectivity index (χ2n) is 6.62. The summed E-state index contributed by atoms with van der Waals surface area (Å²) in [6.45, 7) is 2.56. The lowest BCUT2D eigenvalue weighted by Gasteiger charge is -2.09. The van der Waals surface area contributed by atoms with Crippen LogP contribution in [-0.4, -0.2) is 44.3 Å². The number of aromatic nitrogens is 5. The minimum atomic E-state index is 0.495. The Morgan fingerprint density at radius 1 is 0.968 bits per heavy atom. The van der Waals surface area contributed by atoms with E-state index in [-0.39, 0.29) is 0 Å². The molecule has 4 aromatic rings. The first kappa shape index (κ1) is 20.1. The normalized spacial score (nSPS) is 11.4. The first-order chi connectivity index (χ1) is 15.2. The molecule has 9 nitrogen and oxygen atoms in total. The van der Waals surface area contributed by atoms with E-state index >= 15 is 0 Å². The molecule has 0 saturated carbocycles. The summed E-state index contributed by atoms with van der Waals surface area (Å²) in [4.78, 5) is 25.9. The van der Waals surface area contributed by atoms with Crippen molar-refractivity contribution in [2.45, 2.75) is 13.3 Å². The van der Waals surface area contributed by atoms with E-state index in [9.17, 15) is 0 Å². The zero-order chi connectivity index (χ0) is 21.5. The molecule has 3 heterocycles. The van der Waals surface area contributed by atoms with Crippen molar-refractivity contribution in [2.24, 2.45) is 5.16 Å². The van der Waals surface area contributed by atoms with Crippen molar-refractivity contribution in [3.8, 4) is 11.6 Å². The summed E-state index contributed by atoms with van der Waals surface area (Å²) in [5.41, 5.74) is 4.03. The number of nitrogens with one attached hydrogen (secondary N) is 1. The molecule has 0 aliphatic carbocycles. The van der Waals surface area contributed by atoms with E-state index in [4.69, 9.17) is 9.57 Å². The number of benzene rings is 1. The van der Waals surface area contributed by atoms with E-state index in [0.717, 1.165) is 23.3 Å². The number of rotatable bonds is 8. The van der Waals surface area contributed by atoms with Crippen LogP contribution in [0.3, 0.4) is 0 Å². The van der Waals surface area contributed by atoms with E-state index in [1.165, 1.54) is 13.4 Å². The fourth-order valence-corrected chi connectivity index (χ4v) is 2.97. The average molecular weight is 415 g/mol. The van der Waals surface area contributed by atoms with Crippen molar-refractivity contribution in [1.82, 2.24) is 24.9 Å². The molecule has 4 rings (SSSR count). The van der Waals surface area contributed by atoms with Crippen LogP contribution >= 0.6 is 0 Å². The second-order valence-corrected chi connectivity index (χ2v) is 6.62. The number of oxime groups is 1. The van der Waals surface area contributed by atoms with Gasteiger partial charge in [0.25, 0.3) is 0 Å². The maximum atomic E-state index is 5.87. The maximum Gasteiger partial charge on any atom is 0.219 e. The summed E-state index contributed by atoms with van der Waals surface area (Å²) in [7, 11) is 1.52. The standard InChI is InChI=1S/C22H21N7O2/c1-15(29-30-2)17-8-10-23-19(13-17)31-18-5-3-16(4-6-18)7-9-25-21-20-22(28-14-27-21)26-12-11-24-20/h3-6,8,10-14H,7,9H2,1-2H3,(H,25,26,27,28). The summed E-state index contributed by atoms with van der Waals surface area (Å²) in [5, 5.41) is 7.24. The quantitative estimate of drug-likeness (QED) is 0.343. The highest BCUT2D eigenvalue weighted by Gasteiger charge is 2.06. The van der Waals surface area contributed by atoms with E-state index < -0.39 is 0 Å². The molecule has 0 fully saturated rings. The predicted octanol–water partition coefficient (Wildman–Crippen LogP) is 3.63. The molecule has 0 spiro atoms. The van der Waals surface area contributed by atoms with Crippen LogP contribution < -0.4 is 10.1 Å². The third kappa shape index (κ3) is 5.08. The molecule has 0 aliphatic rings. The Kier molecular flexibility index (Phi) is 6.22. The minimum Gasteiger partial charge on any atom is -0.439 e. The molecule has 0 atom stereocenters. The molecular weight excluding hydrogens is 394 g/mol. The average Bonchev–Trinajstić information content (AvgIpc) is 2.81. The Balaban J connectivity index is 1.35. The van der Waals surface area contributed by atoms with Gasteiger partial charge >= 0.3 is 0 Å². The zero-order valence-electron chi connectivity index (χ0n) is 17.2. The first-order valence-corrected chi connectivity index (χ1v) is 9.69. The molecule has 1 N–H and O–H groups in total. The van der Waals surface area contributed by atoms with Crippen LogP contribution in [0, 0.1) is 0 Å². The first-order valence-electron chi connectivity index (χ1n) is 9.69. The number of pyridine rings is 1. The number of anilines is 1. The number of fused-ring (bicyclic) bond motifs is 1. The van der Waals surface area contributed by atoms with Gasteiger partial charge < -0.3 is 14.9 Å². The zero-order valence-corrected chi connectivity index (χ0v) is 17.2. The predicted molar refractivity (Wildman–Crippen MR) is 117 cm³/mol. The van der Waals surface area contributed by atoms with E-state index in [1.54, 1.807) is 18.6 Å². The molecule has 31 heavy (non-hydrogen) atoms. The summed E-state index contributed by atoms with van der Waals surface area (Å²) in [6, 6.07) is 11.6. The summed E-state index contributed by atoms with van der Waals surface area (Å²) >= 11 is 0. The van der Waals surface area contributed by atoms with Crippen LogP contribution in [0.1, 0.15) is 18.1 Å². The lowest BCUT2D eigenvalue weighted by atomic mass is 10.1. The van der Waals surface area contributed by atoms with Crippen LogP contribution in [0.25, 0.3) is 11.2 Å². The Hall–Kier alpha value is -4.14. The topological polar surface area (TPSA) is 107 Å². The van der Waals surface area contributed by atoms with Gasteiger partial charge in [0.2, 0.25) is 5.88 Å². The van der Waals surface area contributed by atoms with Crippen LogP contribution in [0.5, 0.6) is 11.6 Å². The highest BCUT2D eigenvalue weighted by molar-refractivity contribution is 5.98. The molecule has 0 aliphatic heterocycles. The van der Waals surface area contributed by atoms with Crippen molar-refractivity contribution >= 4 is 22.7 Å². The monoisotopic (exact) mass is 415 g/mol. The van der Waals surface area contributed by atoms with Gasteiger partial charge in [0.15, 0.2) is 11.5 Å². The second kappa shape index (κ2) is 9.57. The van der Waals surface area contributed by atoms with Gasteiger partial charge in [0.1, 0.15) is 24.7 Å². The van der Waals surface area contributed by atoms with Crippen LogP contribution in [0.2, 0.25) is 0 Å². The van der Waals surface area contributed by atoms with Gasteiger partial charge in [-0.2, -0.15) is 0 Å². The molecule has 0 radical (unpaired) electrons. The van der Waals surface area contributed by atoms with E-state index in [1.807, 2.05) is 43.3 Å². The van der Waals surface area contributed by atoms with Gasteiger partial charge in [-0.1, -0.05) is 17.3 Å². The summed E-state index contributed by atoms with van der Waals surface area (Å²) in [5.74, 6) is 1.88. The van der Waals surface area contributed by atoms with Gasteiger partial charge in [-0.25, -0.2) is 24.9 Å². The molecular formula is C22H21N7O2. The fourth-order valence-electron chi connectivity index (χ4n) is 2.97. The summed E-state index contributed by atoms with van der Waals surface area (Å²) in [6.07, 6.45) is 7.22. The van der Waals surface area contributed by atoms with Crippen molar-refractivity contribution in [3.05, 3.63) is 72.4 Å². The molecule has 3 aromatic heterocycles. The highest BCUT2D eigenvalue weighted by Crippen LogP contribution is 2.21. The number of nitrogens with zero attached hydrogens (tertiary/aromatic N) is 6. The minimum absolute atomic E-state index is 0.495. The van der Waals surface area contributed by atoms with Crippen LogP contribution in [0.4, 0.5) is 5.82 Å². The SMILES string of the molecule is CON=C(C)c1ccnc(Oc2ccc(CCNc3ncnc4nccnc34)cc2)c1. The van der Waals surface area contributed by atoms with Gasteiger partial charge in [0, 0.05) is 36.8 Å². The molecule has 9 heteroatoms. The van der Waals surface area contributed by atoms with Crippen molar-refractivity contribution in [2.75, 3.05) is 19.0 Å². The van der Waals surface area contributed by atoms with Crippen LogP contribution in [-0.2, 0) is 11.3 Å². The Morgan fingerprint density at radius 3 is 2.65 bits per heavy atom. The molecule has 0 saturated heterocycles. The fraction of sp³-hybridized carbons (Fsp3) is 0.182. The number of hydrogen-bond acceptors (Lipinski definition) is 9. The van der Waals surface area contributed by atoms with Crippen molar-refractivity contribution in [3.63, 3.8) is 0 Å². The Morgan fingerprint density at radius 2 is 1.81 bits per heavy atom. The molecule has 1 aromatic carbocycles. The van der Waals surface area contributed by atoms with Crippen molar-refractivity contribution in [1.29, 1.82) is 0 Å². The van der Waals surface area contributed by atoms with Crippen LogP contribution in [0.15, 0.2) is 66.5 Å². The Labute approximate surface area is 179 Å². The van der Waals surface area contributed by atoms with Crippen molar-refractivity contribution < 1.29 is 9.57 Å². The number of hydrogen-bond donors (Lipinski definition) is 1. The lowest BCUT2D eigenvalue weighted by molar-refractivity contribution is 0.213. The molecule has 0 unspecified atom stereocenters. The van der Waals surface area contributed by atoms with Gasteiger partial charge in [-0.15, -0.1) is 0 Å². The number of ether oxygens (including phenoxy) is 1. The lowest BCUT2D eigenvalue weighted by Crippen LogP contribution is -2.08. The summed E-state index contributed by atoms with van der Waals surface area (Å²) < 4.78 is 5.87. The Bertz CT molecular complexity index is 1190. The largest absolute Gasteiger partial charge is 0.439 e.